The largest absolute Gasteiger partial charge is 2.00 e. The van der Waals surface area contributed by atoms with Crippen molar-refractivity contribution in [3.05, 3.63) is 100 Å². The van der Waals surface area contributed by atoms with Crippen LogP contribution in [0.2, 0.25) is 0 Å². The number of hydrogen-bond acceptors (Lipinski definition) is 0. The molecule has 0 aliphatic carbocycles. The van der Waals surface area contributed by atoms with Gasteiger partial charge in [-0.1, -0.05) is 118 Å². The number of allylic oxidation sites excluding steroid dienone is 2. The Morgan fingerprint density at radius 1 is 0.460 bits per heavy atom. The Kier molecular flexibility index (Phi) is 28.4. The van der Waals surface area contributed by atoms with Crippen LogP contribution < -0.4 is 0 Å². The number of unbranched alkanes of at least 4 members (excludes halogenated alkanes) is 9. The van der Waals surface area contributed by atoms with Crippen LogP contribution >= 0.6 is 0 Å². The molecule has 0 aromatic heterocycles. The third kappa shape index (κ3) is 17.0. The molecule has 3 rings (SSSR count). The second-order valence-corrected chi connectivity index (χ2v) is 14.1. The summed E-state index contributed by atoms with van der Waals surface area (Å²) in [6.45, 7) is 24.6. The van der Waals surface area contributed by atoms with Gasteiger partial charge in [0.05, 0.1) is 0 Å². The fraction of sp³-hybridized carbons (Fsp3) is 0.617. The molecule has 0 spiro atoms. The number of nitrogens with zero attached hydrogens (tertiary/aromatic N) is 2. The van der Waals surface area contributed by atoms with Crippen LogP contribution in [-0.2, 0) is 42.2 Å². The van der Waals surface area contributed by atoms with Crippen LogP contribution in [0.5, 0.6) is 0 Å². The smallest absolute Gasteiger partial charge is 0.493 e. The Morgan fingerprint density at radius 2 is 0.780 bits per heavy atom. The van der Waals surface area contributed by atoms with Gasteiger partial charge < -0.3 is 19.4 Å². The van der Waals surface area contributed by atoms with Gasteiger partial charge in [-0.2, -0.15) is 12.8 Å². The summed E-state index contributed by atoms with van der Waals surface area (Å²) < 4.78 is 1.58. The van der Waals surface area contributed by atoms with E-state index in [4.69, 9.17) is 0 Å². The molecule has 1 heterocycles. The minimum atomic E-state index is 0. The number of aryl methyl sites for hydroxylation is 4. The molecule has 0 fully saturated rings. The van der Waals surface area contributed by atoms with Gasteiger partial charge in [-0.15, -0.1) is 0 Å². The predicted octanol–water partition coefficient (Wildman–Crippen LogP) is 15.5. The quantitative estimate of drug-likeness (QED) is 0.0530. The van der Waals surface area contributed by atoms with Crippen molar-refractivity contribution in [2.24, 2.45) is 0 Å². The zero-order chi connectivity index (χ0) is 36.4. The third-order valence-corrected chi connectivity index (χ3v) is 9.23. The van der Waals surface area contributed by atoms with Gasteiger partial charge in [-0.05, 0) is 118 Å². The SMILES string of the molecule is CCCCCCc1cc(CCCC)cc(C2=C(C)C(CCCC)=C(c3cc(CCCC)cc(CCCCCC)c3)[N+]2=[N-])c1.[CH2-]CC.[CH2-]CC.[Ni+2]. The van der Waals surface area contributed by atoms with E-state index in [9.17, 15) is 5.53 Å². The second kappa shape index (κ2) is 29.6. The Hall–Kier alpha value is -1.99. The van der Waals surface area contributed by atoms with Gasteiger partial charge in [0.15, 0.2) is 0 Å². The standard InChI is InChI=1S/C41H62N2.2C3H7.Ni/c1-7-12-17-19-23-35-26-33(21-14-9-3)28-37(29-35)40-32(6)39(25-16-11-5)41(43(40)42)38-30-34(22-15-10-4)27-36(31-38)24-20-18-13-8-2;2*1-3-2;/h26-31H,7-25H2,1-6H3;2*1,3H2,2H3;/q;2*-1;+2. The van der Waals surface area contributed by atoms with Gasteiger partial charge in [0.1, 0.15) is 0 Å². The van der Waals surface area contributed by atoms with Crippen molar-refractivity contribution in [1.29, 1.82) is 0 Å². The van der Waals surface area contributed by atoms with Gasteiger partial charge >= 0.3 is 16.5 Å². The molecule has 2 nitrogen and oxygen atoms in total. The van der Waals surface area contributed by atoms with Crippen molar-refractivity contribution < 1.29 is 21.2 Å². The van der Waals surface area contributed by atoms with Crippen LogP contribution in [0.3, 0.4) is 0 Å². The molecular weight excluding hydrogens is 651 g/mol. The molecule has 0 saturated heterocycles. The fourth-order valence-electron chi connectivity index (χ4n) is 6.66. The minimum Gasteiger partial charge on any atom is -0.493 e. The van der Waals surface area contributed by atoms with Crippen molar-refractivity contribution in [3.8, 4) is 0 Å². The summed E-state index contributed by atoms with van der Waals surface area (Å²) in [7, 11) is 0. The first kappa shape index (κ1) is 48.0. The van der Waals surface area contributed by atoms with E-state index in [-0.39, 0.29) is 16.5 Å². The summed E-state index contributed by atoms with van der Waals surface area (Å²) in [5, 5.41) is 0. The molecule has 1 aliphatic heterocycles. The van der Waals surface area contributed by atoms with Crippen LogP contribution in [0.15, 0.2) is 47.5 Å². The molecular formula is C47H76N2Ni. The third-order valence-electron chi connectivity index (χ3n) is 9.23. The summed E-state index contributed by atoms with van der Waals surface area (Å²) in [5.41, 5.74) is 24.8. The zero-order valence-corrected chi connectivity index (χ0v) is 34.9. The maximum absolute atomic E-state index is 12.1. The van der Waals surface area contributed by atoms with Crippen LogP contribution in [0, 0.1) is 13.8 Å². The minimum absolute atomic E-state index is 0. The predicted molar refractivity (Wildman–Crippen MR) is 220 cm³/mol. The second-order valence-electron chi connectivity index (χ2n) is 14.1. The normalized spacial score (nSPS) is 12.4. The molecule has 2 aromatic carbocycles. The summed E-state index contributed by atoms with van der Waals surface area (Å²) in [4.78, 5) is 0. The fourth-order valence-corrected chi connectivity index (χ4v) is 6.66. The molecule has 0 atom stereocenters. The van der Waals surface area contributed by atoms with Crippen LogP contribution in [0.25, 0.3) is 16.9 Å². The van der Waals surface area contributed by atoms with E-state index >= 15 is 0 Å². The molecule has 0 saturated carbocycles. The monoisotopic (exact) mass is 727 g/mol. The first-order valence-electron chi connectivity index (χ1n) is 20.6. The number of benzene rings is 2. The average molecular weight is 728 g/mol. The van der Waals surface area contributed by atoms with E-state index in [2.05, 4.69) is 91.8 Å². The Bertz CT molecular complexity index is 1270. The maximum atomic E-state index is 12.1. The molecule has 0 radical (unpaired) electrons. The molecule has 3 heteroatoms. The maximum Gasteiger partial charge on any atom is 2.00 e. The molecule has 50 heavy (non-hydrogen) atoms. The number of hydrogen-bond donors (Lipinski definition) is 0. The van der Waals surface area contributed by atoms with Gasteiger partial charge in [0.25, 0.3) is 0 Å². The molecule has 0 amide bonds. The Balaban J connectivity index is 0.00000319. The van der Waals surface area contributed by atoms with Crippen LogP contribution in [-0.4, -0.2) is 4.70 Å². The summed E-state index contributed by atoms with van der Waals surface area (Å²) >= 11 is 0. The topological polar surface area (TPSA) is 25.3 Å². The van der Waals surface area contributed by atoms with Crippen molar-refractivity contribution in [1.82, 2.24) is 0 Å². The van der Waals surface area contributed by atoms with Gasteiger partial charge in [-0.3, -0.25) is 0 Å². The first-order chi connectivity index (χ1) is 23.8. The molecule has 2 aromatic rings. The van der Waals surface area contributed by atoms with Crippen molar-refractivity contribution >= 4 is 11.4 Å². The summed E-state index contributed by atoms with van der Waals surface area (Å²) in [5.74, 6) is 0. The van der Waals surface area contributed by atoms with E-state index in [0.29, 0.717) is 0 Å². The molecule has 0 N–H and O–H groups in total. The van der Waals surface area contributed by atoms with Gasteiger partial charge in [0.2, 0.25) is 11.4 Å². The van der Waals surface area contributed by atoms with Crippen molar-refractivity contribution in [2.75, 3.05) is 0 Å². The summed E-state index contributed by atoms with van der Waals surface area (Å²) in [6, 6.07) is 14.4. The van der Waals surface area contributed by atoms with Gasteiger partial charge in [-0.25, -0.2) is 4.70 Å². The van der Waals surface area contributed by atoms with Crippen LogP contribution in [0.1, 0.15) is 198 Å². The molecule has 0 bridgehead atoms. The summed E-state index contributed by atoms with van der Waals surface area (Å²) in [6.07, 6.45) is 24.8. The van der Waals surface area contributed by atoms with Crippen molar-refractivity contribution in [2.45, 2.75) is 190 Å². The van der Waals surface area contributed by atoms with Gasteiger partial charge in [0, 0.05) is 22.3 Å². The first-order valence-corrected chi connectivity index (χ1v) is 20.6. The number of rotatable bonds is 21. The van der Waals surface area contributed by atoms with E-state index < -0.39 is 0 Å². The molecule has 0 unspecified atom stereocenters. The van der Waals surface area contributed by atoms with E-state index in [0.717, 1.165) is 69.2 Å². The molecule has 284 valence electrons. The zero-order valence-electron chi connectivity index (χ0n) is 33.9. The Labute approximate surface area is 321 Å². The van der Waals surface area contributed by atoms with E-state index in [1.165, 1.54) is 122 Å². The van der Waals surface area contributed by atoms with E-state index in [1.807, 2.05) is 13.8 Å². The Morgan fingerprint density at radius 3 is 1.14 bits per heavy atom. The molecule has 1 aliphatic rings. The van der Waals surface area contributed by atoms with Crippen LogP contribution in [0.4, 0.5) is 0 Å². The average Bonchev–Trinajstić information content (AvgIpc) is 3.34. The van der Waals surface area contributed by atoms with E-state index in [1.54, 1.807) is 4.70 Å². The van der Waals surface area contributed by atoms with Crippen molar-refractivity contribution in [3.63, 3.8) is 0 Å².